The summed E-state index contributed by atoms with van der Waals surface area (Å²) < 4.78 is 0. The molecule has 19 heavy (non-hydrogen) atoms. The first kappa shape index (κ1) is 12.4. The number of carbonyl (C=O) groups is 2. The smallest absolute Gasteiger partial charge is 0.345 e. The van der Waals surface area contributed by atoms with Crippen LogP contribution < -0.4 is 0 Å². The molecule has 1 N–H and O–H groups in total. The van der Waals surface area contributed by atoms with Crippen molar-refractivity contribution in [2.24, 2.45) is 0 Å². The third-order valence-electron chi connectivity index (χ3n) is 3.10. The molecular formula is C13H11NO3S2. The fourth-order valence-electron chi connectivity index (χ4n) is 2.17. The van der Waals surface area contributed by atoms with Gasteiger partial charge in [-0.1, -0.05) is 6.07 Å². The van der Waals surface area contributed by atoms with Crippen molar-refractivity contribution in [3.63, 3.8) is 0 Å². The molecule has 3 rings (SSSR count). The number of hydrogen-bond acceptors (Lipinski definition) is 4. The van der Waals surface area contributed by atoms with Gasteiger partial charge in [-0.25, -0.2) is 4.79 Å². The summed E-state index contributed by atoms with van der Waals surface area (Å²) in [5.74, 6) is -0.862. The second-order valence-corrected chi connectivity index (χ2v) is 6.40. The highest BCUT2D eigenvalue weighted by Gasteiger charge is 2.25. The number of carboxylic acids is 1. The zero-order valence-electron chi connectivity index (χ0n) is 9.96. The van der Waals surface area contributed by atoms with Gasteiger partial charge in [-0.2, -0.15) is 0 Å². The van der Waals surface area contributed by atoms with Gasteiger partial charge < -0.3 is 10.0 Å². The van der Waals surface area contributed by atoms with E-state index < -0.39 is 5.97 Å². The van der Waals surface area contributed by atoms with E-state index in [0.717, 1.165) is 21.7 Å². The van der Waals surface area contributed by atoms with Crippen LogP contribution in [0, 0.1) is 0 Å². The van der Waals surface area contributed by atoms with Gasteiger partial charge in [0.2, 0.25) is 0 Å². The van der Waals surface area contributed by atoms with Gasteiger partial charge in [-0.05, 0) is 29.5 Å². The van der Waals surface area contributed by atoms with E-state index in [-0.39, 0.29) is 5.91 Å². The van der Waals surface area contributed by atoms with Crippen molar-refractivity contribution < 1.29 is 14.7 Å². The van der Waals surface area contributed by atoms with Crippen molar-refractivity contribution in [3.8, 4) is 0 Å². The molecule has 0 atom stereocenters. The molecule has 1 aliphatic rings. The van der Waals surface area contributed by atoms with E-state index in [4.69, 9.17) is 5.11 Å². The molecular weight excluding hydrogens is 282 g/mol. The molecule has 3 heterocycles. The van der Waals surface area contributed by atoms with E-state index in [0.29, 0.717) is 18.0 Å². The van der Waals surface area contributed by atoms with E-state index in [9.17, 15) is 9.59 Å². The van der Waals surface area contributed by atoms with Crippen LogP contribution in [0.25, 0.3) is 0 Å². The van der Waals surface area contributed by atoms with Gasteiger partial charge in [0, 0.05) is 18.0 Å². The maximum atomic E-state index is 12.2. The lowest BCUT2D eigenvalue weighted by Gasteiger charge is -2.26. The third-order valence-corrected chi connectivity index (χ3v) is 5.18. The first-order valence-corrected chi connectivity index (χ1v) is 7.52. The van der Waals surface area contributed by atoms with Crippen LogP contribution in [0.15, 0.2) is 23.6 Å². The van der Waals surface area contributed by atoms with Crippen molar-refractivity contribution >= 4 is 34.6 Å². The summed E-state index contributed by atoms with van der Waals surface area (Å²) >= 11 is 2.75. The molecule has 0 bridgehead atoms. The lowest BCUT2D eigenvalue weighted by Crippen LogP contribution is -2.34. The molecule has 2 aromatic rings. The van der Waals surface area contributed by atoms with Crippen LogP contribution in [0.1, 0.15) is 29.8 Å². The zero-order valence-corrected chi connectivity index (χ0v) is 11.6. The minimum atomic E-state index is -0.893. The Balaban J connectivity index is 1.82. The predicted octanol–water partition coefficient (Wildman–Crippen LogP) is 2.71. The lowest BCUT2D eigenvalue weighted by atomic mass is 10.1. The Hall–Kier alpha value is -1.66. The number of rotatable bonds is 2. The largest absolute Gasteiger partial charge is 0.477 e. The lowest BCUT2D eigenvalue weighted by molar-refractivity contribution is 0.0701. The number of carbonyl (C=O) groups excluding carboxylic acids is 1. The Kier molecular flexibility index (Phi) is 3.12. The van der Waals surface area contributed by atoms with Gasteiger partial charge in [0.1, 0.15) is 4.88 Å². The fraction of sp³-hybridized carbons (Fsp3) is 0.231. The van der Waals surface area contributed by atoms with Crippen LogP contribution in [0.3, 0.4) is 0 Å². The van der Waals surface area contributed by atoms with Crippen LogP contribution in [-0.4, -0.2) is 28.4 Å². The summed E-state index contributed by atoms with van der Waals surface area (Å²) in [6, 6.07) is 5.37. The second kappa shape index (κ2) is 4.79. The molecule has 0 spiro atoms. The molecule has 0 saturated heterocycles. The third kappa shape index (κ3) is 2.29. The monoisotopic (exact) mass is 293 g/mol. The number of carboxylic acid groups (broad SMARTS) is 1. The molecule has 4 nitrogen and oxygen atoms in total. The van der Waals surface area contributed by atoms with Crippen LogP contribution in [0.2, 0.25) is 0 Å². The minimum absolute atomic E-state index is 0.0312. The molecule has 6 heteroatoms. The highest BCUT2D eigenvalue weighted by Crippen LogP contribution is 2.29. The summed E-state index contributed by atoms with van der Waals surface area (Å²) in [7, 11) is 0. The van der Waals surface area contributed by atoms with E-state index in [1.165, 1.54) is 22.7 Å². The predicted molar refractivity (Wildman–Crippen MR) is 74.0 cm³/mol. The van der Waals surface area contributed by atoms with Crippen molar-refractivity contribution in [1.29, 1.82) is 0 Å². The maximum absolute atomic E-state index is 12.2. The average Bonchev–Trinajstić information content (AvgIpc) is 3.06. The van der Waals surface area contributed by atoms with E-state index >= 15 is 0 Å². The molecule has 1 amide bonds. The average molecular weight is 293 g/mol. The topological polar surface area (TPSA) is 57.6 Å². The number of nitrogens with zero attached hydrogens (tertiary/aromatic N) is 1. The number of fused-ring (bicyclic) bond motifs is 1. The van der Waals surface area contributed by atoms with Gasteiger partial charge in [0.15, 0.2) is 0 Å². The van der Waals surface area contributed by atoms with Crippen molar-refractivity contribution in [1.82, 2.24) is 4.90 Å². The molecule has 0 fully saturated rings. The molecule has 98 valence electrons. The summed E-state index contributed by atoms with van der Waals surface area (Å²) in [6.07, 6.45) is 0.740. The number of amides is 1. The summed E-state index contributed by atoms with van der Waals surface area (Å²) in [4.78, 5) is 27.2. The Labute approximate surface area is 117 Å². The van der Waals surface area contributed by atoms with Gasteiger partial charge in [-0.15, -0.1) is 22.7 Å². The molecule has 0 saturated carbocycles. The Morgan fingerprint density at radius 2 is 2.16 bits per heavy atom. The number of thiophene rings is 2. The van der Waals surface area contributed by atoms with Crippen LogP contribution in [0.4, 0.5) is 0 Å². The maximum Gasteiger partial charge on any atom is 0.345 e. The van der Waals surface area contributed by atoms with E-state index in [2.05, 4.69) is 0 Å². The number of hydrogen-bond donors (Lipinski definition) is 1. The molecule has 0 radical (unpaired) electrons. The highest BCUT2D eigenvalue weighted by molar-refractivity contribution is 7.14. The van der Waals surface area contributed by atoms with Gasteiger partial charge in [-0.3, -0.25) is 4.79 Å². The highest BCUT2D eigenvalue weighted by atomic mass is 32.1. The number of aromatic carboxylic acids is 1. The zero-order chi connectivity index (χ0) is 13.4. The summed E-state index contributed by atoms with van der Waals surface area (Å²) in [5, 5.41) is 10.9. The normalized spacial score (nSPS) is 14.2. The molecule has 0 aliphatic carbocycles. The van der Waals surface area contributed by atoms with Crippen molar-refractivity contribution in [2.45, 2.75) is 13.0 Å². The molecule has 1 aliphatic heterocycles. The van der Waals surface area contributed by atoms with Crippen molar-refractivity contribution in [2.75, 3.05) is 6.54 Å². The van der Waals surface area contributed by atoms with Crippen LogP contribution in [0.5, 0.6) is 0 Å². The summed E-state index contributed by atoms with van der Waals surface area (Å²) in [5.41, 5.74) is 0.971. The van der Waals surface area contributed by atoms with Gasteiger partial charge in [0.05, 0.1) is 4.88 Å². The molecule has 2 aromatic heterocycles. The molecule has 0 aromatic carbocycles. The van der Waals surface area contributed by atoms with Crippen LogP contribution in [-0.2, 0) is 13.0 Å². The van der Waals surface area contributed by atoms with Gasteiger partial charge >= 0.3 is 5.97 Å². The first-order valence-electron chi connectivity index (χ1n) is 5.83. The van der Waals surface area contributed by atoms with Crippen LogP contribution >= 0.6 is 22.7 Å². The van der Waals surface area contributed by atoms with Gasteiger partial charge in [0.25, 0.3) is 5.91 Å². The van der Waals surface area contributed by atoms with E-state index in [1.807, 2.05) is 17.5 Å². The standard InChI is InChI=1S/C13H11NO3S2/c15-12(10-2-1-5-18-10)14-4-3-9-8(7-14)6-11(19-9)13(16)17/h1-2,5-6H,3-4,7H2,(H,16,17). The second-order valence-electron chi connectivity index (χ2n) is 4.32. The Morgan fingerprint density at radius 1 is 1.32 bits per heavy atom. The quantitative estimate of drug-likeness (QED) is 0.926. The van der Waals surface area contributed by atoms with Crippen molar-refractivity contribution in [3.05, 3.63) is 43.8 Å². The summed E-state index contributed by atoms with van der Waals surface area (Å²) in [6.45, 7) is 1.17. The fourth-order valence-corrected chi connectivity index (χ4v) is 3.86. The first-order chi connectivity index (χ1) is 9.15. The van der Waals surface area contributed by atoms with E-state index in [1.54, 1.807) is 11.0 Å². The Morgan fingerprint density at radius 3 is 2.84 bits per heavy atom. The molecule has 0 unspecified atom stereocenters. The SMILES string of the molecule is O=C(O)c1cc2c(s1)CCN(C(=O)c1cccs1)C2. The minimum Gasteiger partial charge on any atom is -0.477 e. The Bertz CT molecular complexity index is 630.